The number of hydrogen-bond acceptors (Lipinski definition) is 4. The predicted molar refractivity (Wildman–Crippen MR) is 105 cm³/mol. The molecule has 0 aromatic heterocycles. The Balaban J connectivity index is 2.45. The van der Waals surface area contributed by atoms with Crippen LogP contribution in [-0.4, -0.2) is 30.0 Å². The van der Waals surface area contributed by atoms with E-state index >= 15 is 4.39 Å². The van der Waals surface area contributed by atoms with E-state index in [0.29, 0.717) is 11.3 Å². The lowest BCUT2D eigenvalue weighted by atomic mass is 10.1. The minimum Gasteiger partial charge on any atom is -0.497 e. The average molecular weight is 414 g/mol. The molecule has 2 rings (SSSR count). The quantitative estimate of drug-likeness (QED) is 0.753. The Kier molecular flexibility index (Phi) is 6.77. The standard InChI is InChI=1S/C19H24FNO4S2/c1-19(2,3)26(22)21-17(14-10-12-15(25-4)13-11-14)18(20)27(23,24)16-8-6-5-7-9-16/h5-13,17-18,21H,1-4H3/t17-,18?,26-/m1/s1. The van der Waals surface area contributed by atoms with Crippen molar-refractivity contribution in [3.63, 3.8) is 0 Å². The Morgan fingerprint density at radius 1 is 1.04 bits per heavy atom. The van der Waals surface area contributed by atoms with Crippen molar-refractivity contribution in [1.29, 1.82) is 0 Å². The van der Waals surface area contributed by atoms with Crippen molar-refractivity contribution >= 4 is 20.8 Å². The van der Waals surface area contributed by atoms with Crippen molar-refractivity contribution in [3.05, 3.63) is 60.2 Å². The molecule has 0 spiro atoms. The molecule has 3 atom stereocenters. The molecular formula is C19H24FNO4S2. The van der Waals surface area contributed by atoms with Crippen LogP contribution in [0.1, 0.15) is 32.4 Å². The van der Waals surface area contributed by atoms with Gasteiger partial charge in [0.05, 0.1) is 33.8 Å². The number of sulfone groups is 1. The number of ether oxygens (including phenoxy) is 1. The fourth-order valence-corrected chi connectivity index (χ4v) is 4.60. The van der Waals surface area contributed by atoms with Crippen molar-refractivity contribution in [2.45, 2.75) is 42.0 Å². The van der Waals surface area contributed by atoms with E-state index in [1.54, 1.807) is 51.1 Å². The lowest BCUT2D eigenvalue weighted by molar-refractivity contribution is 0.353. The van der Waals surface area contributed by atoms with Gasteiger partial charge < -0.3 is 4.74 Å². The lowest BCUT2D eigenvalue weighted by Crippen LogP contribution is -2.41. The van der Waals surface area contributed by atoms with Gasteiger partial charge in [-0.15, -0.1) is 0 Å². The summed E-state index contributed by atoms with van der Waals surface area (Å²) < 4.78 is 60.5. The topological polar surface area (TPSA) is 72.5 Å². The maximum atomic E-state index is 15.3. The first-order valence-electron chi connectivity index (χ1n) is 8.32. The van der Waals surface area contributed by atoms with Crippen LogP contribution in [0, 0.1) is 0 Å². The van der Waals surface area contributed by atoms with Gasteiger partial charge in [0.2, 0.25) is 15.3 Å². The molecule has 27 heavy (non-hydrogen) atoms. The predicted octanol–water partition coefficient (Wildman–Crippen LogP) is 3.56. The molecular weight excluding hydrogens is 389 g/mol. The average Bonchev–Trinajstić information content (AvgIpc) is 2.65. The first-order valence-corrected chi connectivity index (χ1v) is 11.0. The zero-order valence-corrected chi connectivity index (χ0v) is 17.3. The Morgan fingerprint density at radius 3 is 2.07 bits per heavy atom. The van der Waals surface area contributed by atoms with E-state index in [0.717, 1.165) is 0 Å². The second-order valence-electron chi connectivity index (χ2n) is 6.96. The molecule has 2 aromatic rings. The van der Waals surface area contributed by atoms with Crippen molar-refractivity contribution in [1.82, 2.24) is 4.72 Å². The Bertz CT molecular complexity index is 878. The summed E-state index contributed by atoms with van der Waals surface area (Å²) in [6.45, 7) is 5.17. The molecule has 8 heteroatoms. The number of halogens is 1. The fraction of sp³-hybridized carbons (Fsp3) is 0.368. The third kappa shape index (κ3) is 5.15. The molecule has 1 N–H and O–H groups in total. The van der Waals surface area contributed by atoms with Gasteiger partial charge in [0.15, 0.2) is 0 Å². The number of methoxy groups -OCH3 is 1. The summed E-state index contributed by atoms with van der Waals surface area (Å²) in [7, 11) is -4.46. The molecule has 5 nitrogen and oxygen atoms in total. The number of benzene rings is 2. The summed E-state index contributed by atoms with van der Waals surface area (Å²) >= 11 is 0. The highest BCUT2D eigenvalue weighted by Crippen LogP contribution is 2.30. The summed E-state index contributed by atoms with van der Waals surface area (Å²) in [4.78, 5) is -0.126. The number of alkyl halides is 1. The van der Waals surface area contributed by atoms with Crippen molar-refractivity contribution < 1.29 is 21.8 Å². The molecule has 0 saturated carbocycles. The molecule has 0 aliphatic rings. The van der Waals surface area contributed by atoms with Gasteiger partial charge in [-0.1, -0.05) is 30.3 Å². The smallest absolute Gasteiger partial charge is 0.225 e. The molecule has 0 aliphatic heterocycles. The summed E-state index contributed by atoms with van der Waals surface area (Å²) in [5.74, 6) is 0.552. The zero-order chi connectivity index (χ0) is 20.2. The minimum atomic E-state index is -4.29. The van der Waals surface area contributed by atoms with E-state index in [4.69, 9.17) is 4.74 Å². The second-order valence-corrected chi connectivity index (χ2v) is 11.0. The molecule has 0 saturated heterocycles. The van der Waals surface area contributed by atoms with E-state index in [1.807, 2.05) is 0 Å². The zero-order valence-electron chi connectivity index (χ0n) is 15.7. The number of hydrogen-bond donors (Lipinski definition) is 1. The van der Waals surface area contributed by atoms with Crippen LogP contribution in [0.2, 0.25) is 0 Å². The Morgan fingerprint density at radius 2 is 1.59 bits per heavy atom. The van der Waals surface area contributed by atoms with Crippen LogP contribution in [0.15, 0.2) is 59.5 Å². The molecule has 0 radical (unpaired) electrons. The van der Waals surface area contributed by atoms with E-state index < -0.39 is 37.1 Å². The summed E-state index contributed by atoms with van der Waals surface area (Å²) in [5, 5.41) is 0. The van der Waals surface area contributed by atoms with Crippen LogP contribution < -0.4 is 9.46 Å². The van der Waals surface area contributed by atoms with Crippen molar-refractivity contribution in [2.75, 3.05) is 7.11 Å². The van der Waals surface area contributed by atoms with E-state index in [1.165, 1.54) is 31.4 Å². The normalized spacial score (nSPS) is 15.7. The van der Waals surface area contributed by atoms with Crippen LogP contribution in [0.25, 0.3) is 0 Å². The van der Waals surface area contributed by atoms with Gasteiger partial charge >= 0.3 is 0 Å². The lowest BCUT2D eigenvalue weighted by Gasteiger charge is -2.27. The third-order valence-corrected chi connectivity index (χ3v) is 7.27. The third-order valence-electron chi connectivity index (χ3n) is 3.90. The highest BCUT2D eigenvalue weighted by atomic mass is 32.2. The van der Waals surface area contributed by atoms with Crippen LogP contribution in [0.4, 0.5) is 4.39 Å². The van der Waals surface area contributed by atoms with E-state index in [-0.39, 0.29) is 4.90 Å². The molecule has 0 bridgehead atoms. The van der Waals surface area contributed by atoms with Gasteiger partial charge in [-0.05, 0) is 50.6 Å². The van der Waals surface area contributed by atoms with E-state index in [9.17, 15) is 12.6 Å². The highest BCUT2D eigenvalue weighted by Gasteiger charge is 2.38. The van der Waals surface area contributed by atoms with Crippen LogP contribution in [0.5, 0.6) is 5.75 Å². The monoisotopic (exact) mass is 413 g/mol. The largest absolute Gasteiger partial charge is 0.497 e. The Labute approximate surface area is 162 Å². The van der Waals surface area contributed by atoms with Gasteiger partial charge in [0, 0.05) is 0 Å². The minimum absolute atomic E-state index is 0.126. The first-order chi connectivity index (χ1) is 12.6. The molecule has 148 valence electrons. The van der Waals surface area contributed by atoms with Gasteiger partial charge in [-0.2, -0.15) is 0 Å². The summed E-state index contributed by atoms with van der Waals surface area (Å²) in [6, 6.07) is 12.4. The fourth-order valence-electron chi connectivity index (χ4n) is 2.30. The first kappa shape index (κ1) is 21.5. The van der Waals surface area contributed by atoms with Gasteiger partial charge in [0.1, 0.15) is 5.75 Å². The summed E-state index contributed by atoms with van der Waals surface area (Å²) in [5.41, 5.74) is -1.96. The summed E-state index contributed by atoms with van der Waals surface area (Å²) in [6.07, 6.45) is 0. The molecule has 2 aromatic carbocycles. The molecule has 0 aliphatic carbocycles. The van der Waals surface area contributed by atoms with Gasteiger partial charge in [-0.25, -0.2) is 21.7 Å². The number of rotatable bonds is 7. The molecule has 0 heterocycles. The van der Waals surface area contributed by atoms with Crippen molar-refractivity contribution in [3.8, 4) is 5.75 Å². The Hall–Kier alpha value is -1.77. The molecule has 1 unspecified atom stereocenters. The van der Waals surface area contributed by atoms with E-state index in [2.05, 4.69) is 4.72 Å². The van der Waals surface area contributed by atoms with Crippen molar-refractivity contribution in [2.24, 2.45) is 0 Å². The van der Waals surface area contributed by atoms with Gasteiger partial charge in [0.25, 0.3) is 0 Å². The maximum absolute atomic E-state index is 15.3. The molecule has 0 fully saturated rings. The SMILES string of the molecule is COc1ccc([C@@H](N[S@](=O)C(C)(C)C)C(F)S(=O)(=O)c2ccccc2)cc1. The molecule has 0 amide bonds. The number of nitrogens with one attached hydrogen (secondary N) is 1. The second kappa shape index (κ2) is 8.50. The van der Waals surface area contributed by atoms with Crippen LogP contribution in [-0.2, 0) is 20.8 Å². The maximum Gasteiger partial charge on any atom is 0.225 e. The van der Waals surface area contributed by atoms with Gasteiger partial charge in [-0.3, -0.25) is 0 Å². The van der Waals surface area contributed by atoms with Crippen LogP contribution >= 0.6 is 0 Å². The van der Waals surface area contributed by atoms with Crippen LogP contribution in [0.3, 0.4) is 0 Å². The highest BCUT2D eigenvalue weighted by molar-refractivity contribution is 7.92.